The zero-order valence-electron chi connectivity index (χ0n) is 13.3. The van der Waals surface area contributed by atoms with Crippen LogP contribution < -0.4 is 5.32 Å². The minimum absolute atomic E-state index is 0.745. The lowest BCUT2D eigenvalue weighted by Crippen LogP contribution is -2.26. The molecule has 3 heteroatoms. The van der Waals surface area contributed by atoms with Gasteiger partial charge in [0.25, 0.3) is 0 Å². The molecule has 0 radical (unpaired) electrons. The smallest absolute Gasteiger partial charge is 0.0483 e. The van der Waals surface area contributed by atoms with E-state index in [1.807, 2.05) is 0 Å². The highest BCUT2D eigenvalue weighted by atomic mass is 32.2. The number of rotatable bonds is 4. The van der Waals surface area contributed by atoms with Crippen LogP contribution in [-0.4, -0.2) is 29.2 Å². The predicted octanol–water partition coefficient (Wildman–Crippen LogP) is 4.25. The van der Waals surface area contributed by atoms with E-state index in [1.54, 1.807) is 5.56 Å². The summed E-state index contributed by atoms with van der Waals surface area (Å²) >= 11 is 2.13. The first-order valence-corrected chi connectivity index (χ1v) is 9.93. The zero-order chi connectivity index (χ0) is 14.8. The van der Waals surface area contributed by atoms with E-state index in [9.17, 15) is 0 Å². The molecule has 0 spiro atoms. The fraction of sp³-hybridized carbons (Fsp3) is 0.579. The highest BCUT2D eigenvalue weighted by Crippen LogP contribution is 2.34. The minimum atomic E-state index is 0.745. The van der Waals surface area contributed by atoms with Crippen LogP contribution in [0.1, 0.15) is 37.2 Å². The zero-order valence-corrected chi connectivity index (χ0v) is 14.1. The first kappa shape index (κ1) is 14.6. The van der Waals surface area contributed by atoms with Crippen molar-refractivity contribution in [3.05, 3.63) is 36.0 Å². The Balaban J connectivity index is 1.60. The number of nitrogens with one attached hydrogen (secondary N) is 1. The molecular formula is C19H26N2S. The molecule has 0 bridgehead atoms. The van der Waals surface area contributed by atoms with Crippen LogP contribution in [0.25, 0.3) is 10.9 Å². The number of hydrogen-bond acceptors (Lipinski definition) is 2. The van der Waals surface area contributed by atoms with Crippen LogP contribution in [0.4, 0.5) is 0 Å². The second-order valence-electron chi connectivity index (χ2n) is 6.84. The SMILES string of the molecule is c1ccc2c(c1)c(C1CCNCC1)cn2CCC1CCSC1. The average molecular weight is 314 g/mol. The molecule has 22 heavy (non-hydrogen) atoms. The third-order valence-corrected chi connectivity index (χ3v) is 6.63. The monoisotopic (exact) mass is 314 g/mol. The van der Waals surface area contributed by atoms with Crippen molar-refractivity contribution in [2.75, 3.05) is 24.6 Å². The van der Waals surface area contributed by atoms with Gasteiger partial charge in [0.15, 0.2) is 0 Å². The number of aryl methyl sites for hydroxylation is 1. The molecule has 1 aromatic heterocycles. The van der Waals surface area contributed by atoms with Gasteiger partial charge in [0, 0.05) is 23.6 Å². The van der Waals surface area contributed by atoms with Gasteiger partial charge in [-0.3, -0.25) is 0 Å². The molecule has 118 valence electrons. The number of para-hydroxylation sites is 1. The molecule has 2 aromatic rings. The molecule has 2 fully saturated rings. The van der Waals surface area contributed by atoms with E-state index in [1.165, 1.54) is 67.7 Å². The van der Waals surface area contributed by atoms with Gasteiger partial charge in [0.1, 0.15) is 0 Å². The molecule has 2 aliphatic rings. The van der Waals surface area contributed by atoms with Gasteiger partial charge in [-0.2, -0.15) is 11.8 Å². The quantitative estimate of drug-likeness (QED) is 0.908. The number of piperidine rings is 1. The maximum atomic E-state index is 3.49. The first-order valence-electron chi connectivity index (χ1n) is 8.78. The Morgan fingerprint density at radius 1 is 1.14 bits per heavy atom. The normalized spacial score (nSPS) is 23.4. The number of hydrogen-bond donors (Lipinski definition) is 1. The predicted molar refractivity (Wildman–Crippen MR) is 96.8 cm³/mol. The third-order valence-electron chi connectivity index (χ3n) is 5.40. The lowest BCUT2D eigenvalue weighted by Gasteiger charge is -2.22. The molecule has 1 unspecified atom stereocenters. The van der Waals surface area contributed by atoms with Crippen LogP contribution in [0.5, 0.6) is 0 Å². The Hall–Kier alpha value is -0.930. The largest absolute Gasteiger partial charge is 0.347 e. The second-order valence-corrected chi connectivity index (χ2v) is 7.99. The number of benzene rings is 1. The summed E-state index contributed by atoms with van der Waals surface area (Å²) in [6.45, 7) is 3.53. The van der Waals surface area contributed by atoms with Crippen molar-refractivity contribution >= 4 is 22.7 Å². The lowest BCUT2D eigenvalue weighted by molar-refractivity contribution is 0.459. The molecular weight excluding hydrogens is 288 g/mol. The average Bonchev–Trinajstić information content (AvgIpc) is 3.22. The molecule has 1 N–H and O–H groups in total. The van der Waals surface area contributed by atoms with E-state index in [2.05, 4.69) is 52.1 Å². The van der Waals surface area contributed by atoms with Crippen molar-refractivity contribution in [1.82, 2.24) is 9.88 Å². The Morgan fingerprint density at radius 3 is 2.82 bits per heavy atom. The van der Waals surface area contributed by atoms with Crippen LogP contribution >= 0.6 is 11.8 Å². The molecule has 3 heterocycles. The highest BCUT2D eigenvalue weighted by molar-refractivity contribution is 7.99. The summed E-state index contributed by atoms with van der Waals surface area (Å²) in [5.74, 6) is 4.43. The molecule has 4 rings (SSSR count). The first-order chi connectivity index (χ1) is 10.9. The van der Waals surface area contributed by atoms with Gasteiger partial charge < -0.3 is 9.88 Å². The Kier molecular flexibility index (Phi) is 4.44. The van der Waals surface area contributed by atoms with Crippen molar-refractivity contribution < 1.29 is 0 Å². The van der Waals surface area contributed by atoms with Gasteiger partial charge in [-0.05, 0) is 73.7 Å². The van der Waals surface area contributed by atoms with Crippen LogP contribution in [0, 0.1) is 5.92 Å². The second kappa shape index (κ2) is 6.67. The number of aromatic nitrogens is 1. The molecule has 2 saturated heterocycles. The van der Waals surface area contributed by atoms with Gasteiger partial charge >= 0.3 is 0 Å². The molecule has 2 nitrogen and oxygen atoms in total. The van der Waals surface area contributed by atoms with Crippen LogP contribution in [0.2, 0.25) is 0 Å². The molecule has 2 aliphatic heterocycles. The number of fused-ring (bicyclic) bond motifs is 1. The van der Waals surface area contributed by atoms with E-state index < -0.39 is 0 Å². The van der Waals surface area contributed by atoms with Gasteiger partial charge in [0.2, 0.25) is 0 Å². The maximum Gasteiger partial charge on any atom is 0.0483 e. The molecule has 0 aliphatic carbocycles. The fourth-order valence-electron chi connectivity index (χ4n) is 4.05. The number of thioether (sulfide) groups is 1. The van der Waals surface area contributed by atoms with Gasteiger partial charge in [0.05, 0.1) is 0 Å². The Bertz CT molecular complexity index is 621. The molecule has 0 saturated carbocycles. The molecule has 0 amide bonds. The maximum absolute atomic E-state index is 3.49. The van der Waals surface area contributed by atoms with Crippen LogP contribution in [0.3, 0.4) is 0 Å². The van der Waals surface area contributed by atoms with Crippen LogP contribution in [-0.2, 0) is 6.54 Å². The van der Waals surface area contributed by atoms with E-state index in [0.29, 0.717) is 0 Å². The van der Waals surface area contributed by atoms with Crippen molar-refractivity contribution in [3.63, 3.8) is 0 Å². The highest BCUT2D eigenvalue weighted by Gasteiger charge is 2.21. The summed E-state index contributed by atoms with van der Waals surface area (Å²) < 4.78 is 2.54. The topological polar surface area (TPSA) is 17.0 Å². The van der Waals surface area contributed by atoms with Crippen molar-refractivity contribution in [3.8, 4) is 0 Å². The van der Waals surface area contributed by atoms with Gasteiger partial charge in [-0.25, -0.2) is 0 Å². The van der Waals surface area contributed by atoms with Gasteiger partial charge in [-0.1, -0.05) is 18.2 Å². The van der Waals surface area contributed by atoms with E-state index in [-0.39, 0.29) is 0 Å². The van der Waals surface area contributed by atoms with E-state index >= 15 is 0 Å². The van der Waals surface area contributed by atoms with Crippen LogP contribution in [0.15, 0.2) is 30.5 Å². The molecule has 1 aromatic carbocycles. The fourth-order valence-corrected chi connectivity index (χ4v) is 5.38. The summed E-state index contributed by atoms with van der Waals surface area (Å²) in [6, 6.07) is 9.03. The molecule has 1 atom stereocenters. The van der Waals surface area contributed by atoms with Crippen molar-refractivity contribution in [2.45, 2.75) is 38.1 Å². The Labute approximate surface area is 137 Å². The summed E-state index contributed by atoms with van der Waals surface area (Å²) in [7, 11) is 0. The third kappa shape index (κ3) is 2.93. The van der Waals surface area contributed by atoms with E-state index in [4.69, 9.17) is 0 Å². The van der Waals surface area contributed by atoms with Crippen molar-refractivity contribution in [1.29, 1.82) is 0 Å². The van der Waals surface area contributed by atoms with E-state index in [0.717, 1.165) is 11.8 Å². The summed E-state index contributed by atoms with van der Waals surface area (Å²) in [6.07, 6.45) is 7.81. The minimum Gasteiger partial charge on any atom is -0.347 e. The summed E-state index contributed by atoms with van der Waals surface area (Å²) in [4.78, 5) is 0. The summed E-state index contributed by atoms with van der Waals surface area (Å²) in [5.41, 5.74) is 3.04. The standard InChI is InChI=1S/C19H26N2S/c1-2-4-19-17(3-1)18(16-5-9-20-10-6-16)13-21(19)11-7-15-8-12-22-14-15/h1-4,13,15-16,20H,5-12,14H2. The van der Waals surface area contributed by atoms with Gasteiger partial charge in [-0.15, -0.1) is 0 Å². The lowest BCUT2D eigenvalue weighted by atomic mass is 9.90. The van der Waals surface area contributed by atoms with Crippen molar-refractivity contribution in [2.24, 2.45) is 5.92 Å². The Morgan fingerprint density at radius 2 is 2.00 bits per heavy atom. The summed E-state index contributed by atoms with van der Waals surface area (Å²) in [5, 5.41) is 4.99. The number of nitrogens with zero attached hydrogens (tertiary/aromatic N) is 1.